The highest BCUT2D eigenvalue weighted by atomic mass is 16.5. The Kier molecular flexibility index (Phi) is 3.50. The van der Waals surface area contributed by atoms with Gasteiger partial charge in [0.2, 0.25) is 0 Å². The van der Waals surface area contributed by atoms with Crippen LogP contribution in [-0.4, -0.2) is 31.3 Å². The Morgan fingerprint density at radius 2 is 1.69 bits per heavy atom. The highest BCUT2D eigenvalue weighted by Gasteiger charge is 2.22. The maximum atomic E-state index is 11.4. The van der Waals surface area contributed by atoms with Gasteiger partial charge in [-0.25, -0.2) is 9.59 Å². The zero-order valence-electron chi connectivity index (χ0n) is 9.23. The summed E-state index contributed by atoms with van der Waals surface area (Å²) in [6.07, 6.45) is 0. The van der Waals surface area contributed by atoms with E-state index in [2.05, 4.69) is 9.47 Å². The van der Waals surface area contributed by atoms with Crippen molar-refractivity contribution in [2.24, 2.45) is 0 Å². The van der Waals surface area contributed by atoms with Gasteiger partial charge in [0.05, 0.1) is 19.8 Å². The minimum Gasteiger partial charge on any atom is -0.507 e. The van der Waals surface area contributed by atoms with Crippen LogP contribution < -0.4 is 0 Å². The largest absolute Gasteiger partial charge is 0.507 e. The fraction of sp³-hybridized carbons (Fsp3) is 0.273. The highest BCUT2D eigenvalue weighted by molar-refractivity contribution is 6.05. The van der Waals surface area contributed by atoms with Crippen molar-refractivity contribution in [3.05, 3.63) is 28.8 Å². The van der Waals surface area contributed by atoms with E-state index in [4.69, 9.17) is 0 Å². The normalized spacial score (nSPS) is 9.69. The van der Waals surface area contributed by atoms with Gasteiger partial charge in [0.25, 0.3) is 0 Å². The molecular weight excluding hydrogens is 212 g/mol. The fourth-order valence-electron chi connectivity index (χ4n) is 1.35. The molecule has 0 aromatic heterocycles. The Morgan fingerprint density at radius 1 is 1.12 bits per heavy atom. The summed E-state index contributed by atoms with van der Waals surface area (Å²) in [5.74, 6) is -1.77. The molecule has 1 N–H and O–H groups in total. The molecule has 0 fully saturated rings. The summed E-state index contributed by atoms with van der Waals surface area (Å²) < 4.78 is 9.01. The van der Waals surface area contributed by atoms with Crippen molar-refractivity contribution in [1.82, 2.24) is 0 Å². The molecule has 0 radical (unpaired) electrons. The van der Waals surface area contributed by atoms with E-state index in [1.54, 1.807) is 6.92 Å². The highest BCUT2D eigenvalue weighted by Crippen LogP contribution is 2.24. The fourth-order valence-corrected chi connectivity index (χ4v) is 1.35. The molecule has 0 aliphatic carbocycles. The number of aromatic hydroxyl groups is 1. The van der Waals surface area contributed by atoms with Crippen LogP contribution in [0.5, 0.6) is 5.75 Å². The van der Waals surface area contributed by atoms with E-state index in [0.717, 1.165) is 0 Å². The van der Waals surface area contributed by atoms with Crippen LogP contribution in [0, 0.1) is 6.92 Å². The average Bonchev–Trinajstić information content (AvgIpc) is 2.26. The third kappa shape index (κ3) is 2.13. The van der Waals surface area contributed by atoms with E-state index < -0.39 is 11.9 Å². The van der Waals surface area contributed by atoms with Crippen molar-refractivity contribution in [3.63, 3.8) is 0 Å². The zero-order valence-corrected chi connectivity index (χ0v) is 9.23. The third-order valence-corrected chi connectivity index (χ3v) is 2.06. The van der Waals surface area contributed by atoms with Crippen LogP contribution in [0.25, 0.3) is 0 Å². The number of esters is 2. The van der Waals surface area contributed by atoms with Crippen molar-refractivity contribution < 1.29 is 24.2 Å². The van der Waals surface area contributed by atoms with Crippen LogP contribution >= 0.6 is 0 Å². The number of rotatable bonds is 2. The minimum atomic E-state index is -0.780. The monoisotopic (exact) mass is 224 g/mol. The van der Waals surface area contributed by atoms with Gasteiger partial charge in [-0.3, -0.25) is 0 Å². The van der Waals surface area contributed by atoms with E-state index in [-0.39, 0.29) is 16.9 Å². The third-order valence-electron chi connectivity index (χ3n) is 2.06. The number of aryl methyl sites for hydroxylation is 1. The average molecular weight is 224 g/mol. The molecule has 1 rings (SSSR count). The number of phenolic OH excluding ortho intramolecular Hbond substituents is 1. The first-order chi connectivity index (χ1) is 7.51. The molecule has 1 aromatic rings. The number of ether oxygens (including phenoxy) is 2. The molecule has 0 atom stereocenters. The first-order valence-electron chi connectivity index (χ1n) is 4.51. The molecule has 0 aliphatic rings. The molecule has 16 heavy (non-hydrogen) atoms. The van der Waals surface area contributed by atoms with Crippen LogP contribution in [0.1, 0.15) is 26.3 Å². The van der Waals surface area contributed by atoms with E-state index in [0.29, 0.717) is 5.56 Å². The van der Waals surface area contributed by atoms with Gasteiger partial charge in [-0.1, -0.05) is 0 Å². The molecule has 0 unspecified atom stereocenters. The Bertz CT molecular complexity index is 436. The lowest BCUT2D eigenvalue weighted by Gasteiger charge is -2.09. The number of hydrogen-bond acceptors (Lipinski definition) is 5. The van der Waals surface area contributed by atoms with Crippen LogP contribution in [0.2, 0.25) is 0 Å². The summed E-state index contributed by atoms with van der Waals surface area (Å²) >= 11 is 0. The van der Waals surface area contributed by atoms with Gasteiger partial charge in [0, 0.05) is 0 Å². The predicted octanol–water partition coefficient (Wildman–Crippen LogP) is 1.27. The number of carbonyl (C=O) groups is 2. The second-order valence-electron chi connectivity index (χ2n) is 3.19. The molecular formula is C11H12O5. The molecule has 5 nitrogen and oxygen atoms in total. The van der Waals surface area contributed by atoms with E-state index >= 15 is 0 Å². The van der Waals surface area contributed by atoms with E-state index in [1.807, 2.05) is 0 Å². The van der Waals surface area contributed by atoms with Crippen molar-refractivity contribution in [1.29, 1.82) is 0 Å². The van der Waals surface area contributed by atoms with Gasteiger partial charge in [0.1, 0.15) is 11.3 Å². The van der Waals surface area contributed by atoms with Gasteiger partial charge in [-0.05, 0) is 24.6 Å². The number of carbonyl (C=O) groups excluding carboxylic acids is 2. The molecule has 0 amide bonds. The van der Waals surface area contributed by atoms with Gasteiger partial charge in [0.15, 0.2) is 0 Å². The summed E-state index contributed by atoms with van der Waals surface area (Å²) in [5, 5.41) is 9.61. The Balaban J connectivity index is 3.44. The van der Waals surface area contributed by atoms with Gasteiger partial charge in [-0.15, -0.1) is 0 Å². The van der Waals surface area contributed by atoms with Crippen molar-refractivity contribution in [3.8, 4) is 5.75 Å². The molecule has 0 bridgehead atoms. The predicted molar refractivity (Wildman–Crippen MR) is 55.5 cm³/mol. The minimum absolute atomic E-state index is 0.00755. The second-order valence-corrected chi connectivity index (χ2v) is 3.19. The van der Waals surface area contributed by atoms with Crippen LogP contribution in [0.15, 0.2) is 12.1 Å². The maximum Gasteiger partial charge on any atom is 0.342 e. The van der Waals surface area contributed by atoms with Crippen LogP contribution in [-0.2, 0) is 9.47 Å². The van der Waals surface area contributed by atoms with Crippen molar-refractivity contribution in [2.45, 2.75) is 6.92 Å². The van der Waals surface area contributed by atoms with Gasteiger partial charge >= 0.3 is 11.9 Å². The first kappa shape index (κ1) is 12.0. The summed E-state index contributed by atoms with van der Waals surface area (Å²) in [6, 6.07) is 2.83. The summed E-state index contributed by atoms with van der Waals surface area (Å²) in [7, 11) is 2.37. The Morgan fingerprint density at radius 3 is 2.19 bits per heavy atom. The standard InChI is InChI=1S/C11H12O5/c1-6-4-7(10(13)15-2)9(8(12)5-6)11(14)16-3/h4-5,12H,1-3H3. The first-order valence-corrected chi connectivity index (χ1v) is 4.51. The lowest BCUT2D eigenvalue weighted by Crippen LogP contribution is -2.12. The van der Waals surface area contributed by atoms with Gasteiger partial charge in [-0.2, -0.15) is 0 Å². The molecule has 86 valence electrons. The van der Waals surface area contributed by atoms with Crippen LogP contribution in [0.3, 0.4) is 0 Å². The second kappa shape index (κ2) is 4.65. The van der Waals surface area contributed by atoms with Crippen molar-refractivity contribution in [2.75, 3.05) is 14.2 Å². The lowest BCUT2D eigenvalue weighted by atomic mass is 10.0. The summed E-state index contributed by atoms with van der Waals surface area (Å²) in [6.45, 7) is 1.69. The molecule has 1 aromatic carbocycles. The zero-order chi connectivity index (χ0) is 12.3. The topological polar surface area (TPSA) is 72.8 Å². The van der Waals surface area contributed by atoms with Gasteiger partial charge < -0.3 is 14.6 Å². The molecule has 5 heteroatoms. The molecule has 0 heterocycles. The number of phenols is 1. The number of hydrogen-bond donors (Lipinski definition) is 1. The lowest BCUT2D eigenvalue weighted by molar-refractivity contribution is 0.0552. The van der Waals surface area contributed by atoms with E-state index in [1.165, 1.54) is 26.4 Å². The molecule has 0 spiro atoms. The Hall–Kier alpha value is -2.04. The summed E-state index contributed by atoms with van der Waals surface area (Å²) in [5.41, 5.74) is 0.456. The molecule has 0 saturated heterocycles. The molecule has 0 aliphatic heterocycles. The smallest absolute Gasteiger partial charge is 0.342 e. The SMILES string of the molecule is COC(=O)c1cc(C)cc(O)c1C(=O)OC. The quantitative estimate of drug-likeness (QED) is 0.766. The Labute approximate surface area is 92.6 Å². The number of methoxy groups -OCH3 is 2. The maximum absolute atomic E-state index is 11.4. The van der Waals surface area contributed by atoms with E-state index in [9.17, 15) is 14.7 Å². The number of benzene rings is 1. The van der Waals surface area contributed by atoms with Crippen LogP contribution in [0.4, 0.5) is 0 Å². The van der Waals surface area contributed by atoms with Crippen molar-refractivity contribution >= 4 is 11.9 Å². The molecule has 0 saturated carbocycles. The summed E-state index contributed by atoms with van der Waals surface area (Å²) in [4.78, 5) is 22.8.